The molecule has 0 radical (unpaired) electrons. The number of carbonyl (C=O) groups is 4. The van der Waals surface area contributed by atoms with Crippen molar-refractivity contribution in [2.45, 2.75) is 30.7 Å². The number of aliphatic carboxylic acids is 4. The topological polar surface area (TPSA) is 213 Å². The molecule has 3 atom stereocenters. The van der Waals surface area contributed by atoms with Gasteiger partial charge in [0.25, 0.3) is 0 Å². The highest BCUT2D eigenvalue weighted by Gasteiger charge is 2.49. The van der Waals surface area contributed by atoms with Crippen molar-refractivity contribution in [3.8, 4) is 0 Å². The van der Waals surface area contributed by atoms with Gasteiger partial charge in [-0.15, -0.1) is 0 Å². The highest BCUT2D eigenvalue weighted by atomic mass is 16.4. The Morgan fingerprint density at radius 2 is 1.48 bits per heavy atom. The third-order valence-electron chi connectivity index (χ3n) is 2.64. The zero-order valence-electron chi connectivity index (χ0n) is 13.9. The molecule has 0 aromatic carbocycles. The fraction of sp³-hybridized carbons (Fsp3) is 0.692. The van der Waals surface area contributed by atoms with Crippen LogP contribution < -0.4 is 5.11 Å². The van der Waals surface area contributed by atoms with E-state index < -0.39 is 48.1 Å². The lowest BCUT2D eigenvalue weighted by Gasteiger charge is -2.26. The zero-order chi connectivity index (χ0) is 20.6. The quantitative estimate of drug-likeness (QED) is 0.215. The number of hydrogen-bond donors (Lipinski definition) is 6. The minimum atomic E-state index is -3.22. The van der Waals surface area contributed by atoms with E-state index in [0.717, 1.165) is 0 Å². The Morgan fingerprint density at radius 1 is 1.04 bits per heavy atom. The molecule has 0 aliphatic rings. The van der Waals surface area contributed by atoms with Gasteiger partial charge >= 0.3 is 17.9 Å². The molecule has 0 aliphatic carbocycles. The van der Waals surface area contributed by atoms with Crippen molar-refractivity contribution in [1.82, 2.24) is 0 Å². The molecule has 0 amide bonds. The molecule has 3 unspecified atom stereocenters. The van der Waals surface area contributed by atoms with Gasteiger partial charge in [-0.3, -0.25) is 4.79 Å². The Morgan fingerprint density at radius 3 is 1.72 bits per heavy atom. The van der Waals surface area contributed by atoms with Crippen LogP contribution >= 0.6 is 0 Å². The molecule has 0 aromatic rings. The SMILES string of the molecule is C[N+](C)(C)CC(O)CC(=O)[O-].O=C(O)CC(O)(C(=O)O)C(O)C(=O)O. The highest BCUT2D eigenvalue weighted by Crippen LogP contribution is 2.16. The largest absolute Gasteiger partial charge is 0.550 e. The van der Waals surface area contributed by atoms with Crippen molar-refractivity contribution in [3.05, 3.63) is 0 Å². The monoisotopic (exact) mass is 369 g/mol. The van der Waals surface area contributed by atoms with Crippen LogP contribution in [0.1, 0.15) is 12.8 Å². The van der Waals surface area contributed by atoms with Crippen LogP contribution in [0.5, 0.6) is 0 Å². The molecule has 12 heteroatoms. The van der Waals surface area contributed by atoms with Crippen molar-refractivity contribution in [2.75, 3.05) is 27.7 Å². The second-order valence-electron chi connectivity index (χ2n) is 6.24. The minimum absolute atomic E-state index is 0.282. The van der Waals surface area contributed by atoms with Crippen molar-refractivity contribution in [1.29, 1.82) is 0 Å². The normalized spacial score (nSPS) is 15.8. The van der Waals surface area contributed by atoms with Crippen molar-refractivity contribution in [2.24, 2.45) is 0 Å². The molecular formula is C13H23NO11. The number of carboxylic acids is 4. The van der Waals surface area contributed by atoms with Crippen LogP contribution in [0.4, 0.5) is 0 Å². The average Bonchev–Trinajstić information content (AvgIpc) is 2.33. The number of carbonyl (C=O) groups excluding carboxylic acids is 1. The number of hydrogen-bond acceptors (Lipinski definition) is 8. The van der Waals surface area contributed by atoms with Gasteiger partial charge in [-0.05, 0) is 0 Å². The molecule has 0 aliphatic heterocycles. The lowest BCUT2D eigenvalue weighted by atomic mass is 9.93. The Kier molecular flexibility index (Phi) is 9.87. The van der Waals surface area contributed by atoms with Gasteiger partial charge in [-0.1, -0.05) is 0 Å². The molecule has 12 nitrogen and oxygen atoms in total. The predicted molar refractivity (Wildman–Crippen MR) is 77.0 cm³/mol. The summed E-state index contributed by atoms with van der Waals surface area (Å²) in [5, 5.41) is 61.8. The van der Waals surface area contributed by atoms with Gasteiger partial charge in [-0.25, -0.2) is 9.59 Å². The third-order valence-corrected chi connectivity index (χ3v) is 2.64. The molecular weight excluding hydrogens is 346 g/mol. The van der Waals surface area contributed by atoms with E-state index in [1.165, 1.54) is 0 Å². The van der Waals surface area contributed by atoms with Crippen molar-refractivity contribution in [3.63, 3.8) is 0 Å². The molecule has 146 valence electrons. The molecule has 25 heavy (non-hydrogen) atoms. The van der Waals surface area contributed by atoms with Gasteiger partial charge in [0, 0.05) is 12.4 Å². The van der Waals surface area contributed by atoms with Crippen LogP contribution in [0.3, 0.4) is 0 Å². The highest BCUT2D eigenvalue weighted by molar-refractivity contribution is 5.90. The van der Waals surface area contributed by atoms with Crippen molar-refractivity contribution >= 4 is 23.9 Å². The van der Waals surface area contributed by atoms with Crippen LogP contribution in [0.25, 0.3) is 0 Å². The predicted octanol–water partition coefficient (Wildman–Crippen LogP) is -4.08. The second kappa shape index (κ2) is 9.88. The fourth-order valence-electron chi connectivity index (χ4n) is 1.61. The molecule has 0 saturated carbocycles. The van der Waals surface area contributed by atoms with E-state index in [0.29, 0.717) is 11.0 Å². The van der Waals surface area contributed by atoms with Gasteiger partial charge in [-0.2, -0.15) is 0 Å². The summed E-state index contributed by atoms with van der Waals surface area (Å²) in [6, 6.07) is 0. The van der Waals surface area contributed by atoms with Gasteiger partial charge in [0.15, 0.2) is 6.10 Å². The van der Waals surface area contributed by atoms with E-state index in [1.54, 1.807) is 0 Å². The Labute approximate surface area is 142 Å². The van der Waals surface area contributed by atoms with E-state index in [1.807, 2.05) is 21.1 Å². The number of nitrogens with zero attached hydrogens (tertiary/aromatic N) is 1. The summed E-state index contributed by atoms with van der Waals surface area (Å²) in [7, 11) is 5.66. The maximum absolute atomic E-state index is 10.4. The summed E-state index contributed by atoms with van der Waals surface area (Å²) >= 11 is 0. The first-order chi connectivity index (χ1) is 11.0. The average molecular weight is 369 g/mol. The van der Waals surface area contributed by atoms with Crippen LogP contribution in [0, 0.1) is 0 Å². The van der Waals surface area contributed by atoms with Crippen molar-refractivity contribution < 1.29 is 59.4 Å². The van der Waals surface area contributed by atoms with Gasteiger partial charge in [0.05, 0.1) is 27.6 Å². The molecule has 0 heterocycles. The number of rotatable bonds is 9. The molecule has 0 fully saturated rings. The first-order valence-electron chi connectivity index (χ1n) is 6.79. The van der Waals surface area contributed by atoms with E-state index in [2.05, 4.69) is 0 Å². The Hall–Kier alpha value is -2.28. The lowest BCUT2D eigenvalue weighted by Crippen LogP contribution is -2.54. The summed E-state index contributed by atoms with van der Waals surface area (Å²) in [6.07, 6.45) is -5.19. The molecule has 0 aromatic heterocycles. The van der Waals surface area contributed by atoms with Gasteiger partial charge in [0.2, 0.25) is 5.60 Å². The summed E-state index contributed by atoms with van der Waals surface area (Å²) < 4.78 is 0.550. The van der Waals surface area contributed by atoms with E-state index in [-0.39, 0.29) is 6.42 Å². The lowest BCUT2D eigenvalue weighted by molar-refractivity contribution is -0.873. The Balaban J connectivity index is 0. The van der Waals surface area contributed by atoms with E-state index in [4.69, 9.17) is 30.6 Å². The van der Waals surface area contributed by atoms with Crippen LogP contribution in [0.2, 0.25) is 0 Å². The minimum Gasteiger partial charge on any atom is -0.550 e. The summed E-state index contributed by atoms with van der Waals surface area (Å²) in [4.78, 5) is 40.7. The number of aliphatic hydroxyl groups is 3. The zero-order valence-corrected chi connectivity index (χ0v) is 13.9. The summed E-state index contributed by atoms with van der Waals surface area (Å²) in [6.45, 7) is 0.425. The number of likely N-dealkylation sites (N-methyl/N-ethyl adjacent to an activating group) is 1. The van der Waals surface area contributed by atoms with Crippen LogP contribution in [-0.4, -0.2) is 104 Å². The van der Waals surface area contributed by atoms with E-state index >= 15 is 0 Å². The van der Waals surface area contributed by atoms with Gasteiger partial charge < -0.3 is 45.0 Å². The fourth-order valence-corrected chi connectivity index (χ4v) is 1.61. The Bertz CT molecular complexity index is 499. The van der Waals surface area contributed by atoms with E-state index in [9.17, 15) is 24.3 Å². The molecule has 6 N–H and O–H groups in total. The maximum atomic E-state index is 10.4. The molecule has 0 rings (SSSR count). The summed E-state index contributed by atoms with van der Waals surface area (Å²) in [5.41, 5.74) is -3.22. The van der Waals surface area contributed by atoms with Crippen LogP contribution in [-0.2, 0) is 19.2 Å². The first kappa shape index (κ1) is 25.0. The smallest absolute Gasteiger partial charge is 0.339 e. The maximum Gasteiger partial charge on any atom is 0.339 e. The molecule has 0 spiro atoms. The third kappa shape index (κ3) is 11.0. The molecule has 0 bridgehead atoms. The number of quaternary nitrogens is 1. The standard InChI is InChI=1S/C7H15NO3.C6H8O8/c1-8(2,3)5-6(9)4-7(10)11;7-2(8)1-6(14,5(12)13)3(9)4(10)11/h6,9H,4-5H2,1-3H3;3,9,14H,1H2,(H,7,8)(H,10,11)(H,12,13). The number of carboxylic acid groups (broad SMARTS) is 4. The molecule has 0 saturated heterocycles. The van der Waals surface area contributed by atoms with Crippen LogP contribution in [0.15, 0.2) is 0 Å². The van der Waals surface area contributed by atoms with Gasteiger partial charge in [0.1, 0.15) is 12.6 Å². The summed E-state index contributed by atoms with van der Waals surface area (Å²) in [5.74, 6) is -7.08. The number of aliphatic hydroxyl groups excluding tert-OH is 2. The second-order valence-corrected chi connectivity index (χ2v) is 6.24. The first-order valence-corrected chi connectivity index (χ1v) is 6.79.